The fraction of sp³-hybridized carbons (Fsp3) is 0.440. The quantitative estimate of drug-likeness (QED) is 0.767. The molecule has 1 atom stereocenters. The summed E-state index contributed by atoms with van der Waals surface area (Å²) < 4.78 is 5.40. The molecule has 2 aliphatic heterocycles. The minimum absolute atomic E-state index is 0.00205. The molecule has 158 valence electrons. The first-order valence-corrected chi connectivity index (χ1v) is 11.0. The zero-order chi connectivity index (χ0) is 20.8. The lowest BCUT2D eigenvalue weighted by atomic mass is 9.88. The second-order valence-corrected chi connectivity index (χ2v) is 8.24. The smallest absolute Gasteiger partial charge is 0.225 e. The number of carbonyl (C=O) groups excluding carboxylic acids is 2. The van der Waals surface area contributed by atoms with Gasteiger partial charge in [0.15, 0.2) is 0 Å². The number of carbonyl (C=O) groups is 2. The highest BCUT2D eigenvalue weighted by Crippen LogP contribution is 2.28. The van der Waals surface area contributed by atoms with Gasteiger partial charge in [-0.05, 0) is 30.4 Å². The molecule has 30 heavy (non-hydrogen) atoms. The molecule has 2 aromatic rings. The average molecular weight is 407 g/mol. The molecule has 0 aliphatic carbocycles. The number of benzene rings is 2. The molecule has 0 saturated carbocycles. The summed E-state index contributed by atoms with van der Waals surface area (Å²) in [6.07, 6.45) is 2.89. The van der Waals surface area contributed by atoms with E-state index < -0.39 is 0 Å². The normalized spacial score (nSPS) is 20.0. The molecule has 2 amide bonds. The summed E-state index contributed by atoms with van der Waals surface area (Å²) in [6.45, 7) is 2.53. The Morgan fingerprint density at radius 2 is 1.60 bits per heavy atom. The molecule has 2 saturated heterocycles. The number of hydrogen-bond donors (Lipinski definition) is 1. The molecule has 0 bridgehead atoms. The van der Waals surface area contributed by atoms with Crippen LogP contribution in [0.5, 0.6) is 0 Å². The summed E-state index contributed by atoms with van der Waals surface area (Å²) in [7, 11) is 0. The molecule has 2 aromatic carbocycles. The Hall–Kier alpha value is -2.66. The van der Waals surface area contributed by atoms with Crippen LogP contribution in [0.2, 0.25) is 0 Å². The molecular weight excluding hydrogens is 376 g/mol. The molecule has 0 radical (unpaired) electrons. The predicted octanol–water partition coefficient (Wildman–Crippen LogP) is 3.35. The lowest BCUT2D eigenvalue weighted by molar-refractivity contribution is -0.131. The van der Waals surface area contributed by atoms with E-state index in [9.17, 15) is 9.59 Å². The van der Waals surface area contributed by atoms with E-state index in [1.54, 1.807) is 0 Å². The van der Waals surface area contributed by atoms with Crippen molar-refractivity contribution in [2.24, 2.45) is 5.92 Å². The van der Waals surface area contributed by atoms with Crippen LogP contribution in [0.4, 0.5) is 0 Å². The molecule has 1 N–H and O–H groups in total. The maximum Gasteiger partial charge on any atom is 0.225 e. The van der Waals surface area contributed by atoms with Crippen molar-refractivity contribution < 1.29 is 14.3 Å². The van der Waals surface area contributed by atoms with Crippen molar-refractivity contribution in [1.82, 2.24) is 10.2 Å². The van der Waals surface area contributed by atoms with Crippen LogP contribution in [-0.4, -0.2) is 49.1 Å². The highest BCUT2D eigenvalue weighted by Gasteiger charge is 2.38. The highest BCUT2D eigenvalue weighted by molar-refractivity contribution is 5.89. The van der Waals surface area contributed by atoms with Crippen molar-refractivity contribution in [3.8, 4) is 0 Å². The minimum atomic E-state index is -0.243. The van der Waals surface area contributed by atoms with Gasteiger partial charge >= 0.3 is 0 Å². The van der Waals surface area contributed by atoms with Crippen LogP contribution >= 0.6 is 0 Å². The van der Waals surface area contributed by atoms with Crippen LogP contribution in [0.15, 0.2) is 60.7 Å². The Bertz CT molecular complexity index is 794. The third kappa shape index (κ3) is 4.90. The van der Waals surface area contributed by atoms with Crippen LogP contribution in [0, 0.1) is 5.92 Å². The second kappa shape index (κ2) is 9.90. The molecule has 0 spiro atoms. The number of nitrogens with zero attached hydrogens (tertiary/aromatic N) is 1. The number of rotatable bonds is 7. The molecule has 2 fully saturated rings. The first-order chi connectivity index (χ1) is 14.7. The molecular formula is C25H30N2O3. The molecule has 1 unspecified atom stereocenters. The SMILES string of the molecule is O=C(NCCC(c1ccccc1)c1ccccc1)C1CC(=O)N(C2CCOCC2)C1. The van der Waals surface area contributed by atoms with Crippen LogP contribution < -0.4 is 5.32 Å². The first kappa shape index (κ1) is 20.6. The zero-order valence-corrected chi connectivity index (χ0v) is 17.3. The van der Waals surface area contributed by atoms with Gasteiger partial charge in [0.25, 0.3) is 0 Å². The van der Waals surface area contributed by atoms with E-state index in [1.165, 1.54) is 11.1 Å². The fourth-order valence-corrected chi connectivity index (χ4v) is 4.64. The van der Waals surface area contributed by atoms with Gasteiger partial charge < -0.3 is 15.0 Å². The molecule has 5 nitrogen and oxygen atoms in total. The number of ether oxygens (including phenoxy) is 1. The maximum atomic E-state index is 12.8. The van der Waals surface area contributed by atoms with Gasteiger partial charge in [0.05, 0.1) is 5.92 Å². The van der Waals surface area contributed by atoms with Gasteiger partial charge in [-0.15, -0.1) is 0 Å². The Kier molecular flexibility index (Phi) is 6.80. The summed E-state index contributed by atoms with van der Waals surface area (Å²) in [5, 5.41) is 3.10. The topological polar surface area (TPSA) is 58.6 Å². The number of likely N-dealkylation sites (tertiary alicyclic amines) is 1. The predicted molar refractivity (Wildman–Crippen MR) is 116 cm³/mol. The van der Waals surface area contributed by atoms with Gasteiger partial charge in [-0.1, -0.05) is 60.7 Å². The number of amides is 2. The van der Waals surface area contributed by atoms with E-state index >= 15 is 0 Å². The van der Waals surface area contributed by atoms with Crippen molar-refractivity contribution in [3.63, 3.8) is 0 Å². The Morgan fingerprint density at radius 1 is 1.00 bits per heavy atom. The summed E-state index contributed by atoms with van der Waals surface area (Å²) in [4.78, 5) is 27.1. The Morgan fingerprint density at radius 3 is 2.20 bits per heavy atom. The van der Waals surface area contributed by atoms with E-state index in [-0.39, 0.29) is 29.7 Å². The van der Waals surface area contributed by atoms with E-state index in [0.29, 0.717) is 32.7 Å². The molecule has 0 aromatic heterocycles. The van der Waals surface area contributed by atoms with Crippen molar-refractivity contribution in [1.29, 1.82) is 0 Å². The van der Waals surface area contributed by atoms with Gasteiger partial charge in [-0.25, -0.2) is 0 Å². The summed E-state index contributed by atoms with van der Waals surface area (Å²) >= 11 is 0. The largest absolute Gasteiger partial charge is 0.381 e. The zero-order valence-electron chi connectivity index (χ0n) is 17.3. The third-order valence-corrected chi connectivity index (χ3v) is 6.30. The monoisotopic (exact) mass is 406 g/mol. The Balaban J connectivity index is 1.33. The van der Waals surface area contributed by atoms with Crippen LogP contribution in [0.1, 0.15) is 42.7 Å². The molecule has 2 heterocycles. The lowest BCUT2D eigenvalue weighted by Gasteiger charge is -2.31. The van der Waals surface area contributed by atoms with Gasteiger partial charge in [0.1, 0.15) is 0 Å². The van der Waals surface area contributed by atoms with Crippen LogP contribution in [-0.2, 0) is 14.3 Å². The fourth-order valence-electron chi connectivity index (χ4n) is 4.64. The van der Waals surface area contributed by atoms with E-state index in [4.69, 9.17) is 4.74 Å². The van der Waals surface area contributed by atoms with E-state index in [2.05, 4.69) is 53.8 Å². The van der Waals surface area contributed by atoms with Gasteiger partial charge in [0.2, 0.25) is 11.8 Å². The van der Waals surface area contributed by atoms with Gasteiger partial charge in [-0.2, -0.15) is 0 Å². The van der Waals surface area contributed by atoms with Crippen molar-refractivity contribution in [2.75, 3.05) is 26.3 Å². The van der Waals surface area contributed by atoms with Gasteiger partial charge in [-0.3, -0.25) is 9.59 Å². The standard InChI is InChI=1S/C25H30N2O3/c28-24-17-21(18-27(24)22-12-15-30-16-13-22)25(29)26-14-11-23(19-7-3-1-4-8-19)20-9-5-2-6-10-20/h1-10,21-23H,11-18H2,(H,26,29). The Labute approximate surface area is 178 Å². The summed E-state index contributed by atoms with van der Waals surface area (Å²) in [5.41, 5.74) is 2.50. The van der Waals surface area contributed by atoms with Crippen LogP contribution in [0.25, 0.3) is 0 Å². The molecule has 4 rings (SSSR count). The third-order valence-electron chi connectivity index (χ3n) is 6.30. The summed E-state index contributed by atoms with van der Waals surface area (Å²) in [6, 6.07) is 21.0. The summed E-state index contributed by atoms with van der Waals surface area (Å²) in [5.74, 6) is 0.0928. The second-order valence-electron chi connectivity index (χ2n) is 8.24. The van der Waals surface area contributed by atoms with Gasteiger partial charge in [0, 0.05) is 44.7 Å². The molecule has 5 heteroatoms. The van der Waals surface area contributed by atoms with Crippen molar-refractivity contribution >= 4 is 11.8 Å². The van der Waals surface area contributed by atoms with Crippen molar-refractivity contribution in [3.05, 3.63) is 71.8 Å². The van der Waals surface area contributed by atoms with Crippen LogP contribution in [0.3, 0.4) is 0 Å². The van der Waals surface area contributed by atoms with E-state index in [0.717, 1.165) is 19.3 Å². The lowest BCUT2D eigenvalue weighted by Crippen LogP contribution is -2.41. The van der Waals surface area contributed by atoms with Crippen molar-refractivity contribution in [2.45, 2.75) is 37.6 Å². The first-order valence-electron chi connectivity index (χ1n) is 11.0. The number of nitrogens with one attached hydrogen (secondary N) is 1. The average Bonchev–Trinajstić information content (AvgIpc) is 3.20. The maximum absolute atomic E-state index is 12.8. The molecule has 2 aliphatic rings. The number of hydrogen-bond acceptors (Lipinski definition) is 3. The highest BCUT2D eigenvalue weighted by atomic mass is 16.5. The van der Waals surface area contributed by atoms with E-state index in [1.807, 2.05) is 17.0 Å². The minimum Gasteiger partial charge on any atom is -0.381 e.